The fraction of sp³-hybridized carbons (Fsp3) is 0.529. The predicted octanol–water partition coefficient (Wildman–Crippen LogP) is 2.56. The SMILES string of the molecule is COCc1nc2cc(Cl)c(Cl)cc2n1CC(=O)C[C@H]1NCCC[C@@H]1O. The molecule has 0 aliphatic carbocycles. The molecule has 2 N–H and O–H groups in total. The van der Waals surface area contributed by atoms with Crippen LogP contribution in [0.2, 0.25) is 10.0 Å². The minimum Gasteiger partial charge on any atom is -0.391 e. The van der Waals surface area contributed by atoms with Crippen LogP contribution in [0.25, 0.3) is 11.0 Å². The summed E-state index contributed by atoms with van der Waals surface area (Å²) in [6.07, 6.45) is 1.44. The van der Waals surface area contributed by atoms with Crippen molar-refractivity contribution in [1.29, 1.82) is 0 Å². The number of fused-ring (bicyclic) bond motifs is 1. The van der Waals surface area contributed by atoms with Gasteiger partial charge in [-0.15, -0.1) is 0 Å². The number of aliphatic hydroxyl groups excluding tert-OH is 1. The lowest BCUT2D eigenvalue weighted by molar-refractivity contribution is -0.121. The Bertz CT molecular complexity index is 778. The lowest BCUT2D eigenvalue weighted by Crippen LogP contribution is -2.46. The highest BCUT2D eigenvalue weighted by Crippen LogP contribution is 2.28. The molecule has 25 heavy (non-hydrogen) atoms. The number of imidazole rings is 1. The van der Waals surface area contributed by atoms with Gasteiger partial charge in [0.25, 0.3) is 0 Å². The number of Topliss-reactive ketones (excluding diaryl/α,β-unsaturated/α-hetero) is 1. The Hall–Kier alpha value is -1.18. The van der Waals surface area contributed by atoms with Crippen LogP contribution in [-0.2, 0) is 22.7 Å². The Morgan fingerprint density at radius 2 is 2.20 bits per heavy atom. The maximum absolute atomic E-state index is 12.6. The van der Waals surface area contributed by atoms with E-state index in [-0.39, 0.29) is 31.4 Å². The average molecular weight is 386 g/mol. The average Bonchev–Trinajstić information content (AvgIpc) is 2.87. The Morgan fingerprint density at radius 1 is 1.44 bits per heavy atom. The minimum absolute atomic E-state index is 0.0150. The Labute approximate surface area is 156 Å². The summed E-state index contributed by atoms with van der Waals surface area (Å²) in [5, 5.41) is 14.1. The molecule has 8 heteroatoms. The van der Waals surface area contributed by atoms with Gasteiger partial charge in [-0.1, -0.05) is 23.2 Å². The first kappa shape index (κ1) is 18.6. The summed E-state index contributed by atoms with van der Waals surface area (Å²) in [4.78, 5) is 17.1. The number of halogens is 2. The van der Waals surface area contributed by atoms with Crippen molar-refractivity contribution < 1.29 is 14.6 Å². The molecule has 1 aromatic heterocycles. The number of piperidine rings is 1. The van der Waals surface area contributed by atoms with Crippen LogP contribution in [0, 0.1) is 0 Å². The molecule has 3 rings (SSSR count). The van der Waals surface area contributed by atoms with E-state index in [1.165, 1.54) is 0 Å². The van der Waals surface area contributed by atoms with Crippen molar-refractivity contribution in [2.24, 2.45) is 0 Å². The van der Waals surface area contributed by atoms with Crippen molar-refractivity contribution in [3.63, 3.8) is 0 Å². The number of carbonyl (C=O) groups excluding carboxylic acids is 1. The predicted molar refractivity (Wildman–Crippen MR) is 97.1 cm³/mol. The third-order valence-electron chi connectivity index (χ3n) is 4.47. The number of nitrogens with zero attached hydrogens (tertiary/aromatic N) is 2. The van der Waals surface area contributed by atoms with Crippen LogP contribution >= 0.6 is 23.2 Å². The van der Waals surface area contributed by atoms with E-state index in [0.717, 1.165) is 24.9 Å². The fourth-order valence-electron chi connectivity index (χ4n) is 3.22. The Kier molecular flexibility index (Phi) is 5.96. The van der Waals surface area contributed by atoms with E-state index >= 15 is 0 Å². The molecule has 0 bridgehead atoms. The van der Waals surface area contributed by atoms with Gasteiger partial charge in [-0.05, 0) is 31.5 Å². The number of carbonyl (C=O) groups is 1. The highest BCUT2D eigenvalue weighted by atomic mass is 35.5. The van der Waals surface area contributed by atoms with E-state index in [1.807, 2.05) is 0 Å². The first-order valence-electron chi connectivity index (χ1n) is 8.26. The number of rotatable bonds is 6. The van der Waals surface area contributed by atoms with E-state index in [9.17, 15) is 9.90 Å². The minimum atomic E-state index is -0.482. The van der Waals surface area contributed by atoms with Crippen LogP contribution < -0.4 is 5.32 Å². The molecular formula is C17H21Cl2N3O3. The molecule has 2 aromatic rings. The number of hydrogen-bond acceptors (Lipinski definition) is 5. The highest BCUT2D eigenvalue weighted by Gasteiger charge is 2.25. The van der Waals surface area contributed by atoms with Gasteiger partial charge >= 0.3 is 0 Å². The number of ether oxygens (including phenoxy) is 1. The van der Waals surface area contributed by atoms with E-state index in [4.69, 9.17) is 27.9 Å². The number of nitrogens with one attached hydrogen (secondary N) is 1. The summed E-state index contributed by atoms with van der Waals surface area (Å²) in [7, 11) is 1.58. The van der Waals surface area contributed by atoms with Gasteiger partial charge in [0.05, 0.1) is 33.7 Å². The van der Waals surface area contributed by atoms with Crippen LogP contribution in [0.1, 0.15) is 25.1 Å². The maximum Gasteiger partial charge on any atom is 0.154 e. The molecule has 2 atom stereocenters. The van der Waals surface area contributed by atoms with Gasteiger partial charge in [-0.25, -0.2) is 4.98 Å². The van der Waals surface area contributed by atoms with Gasteiger partial charge < -0.3 is 19.7 Å². The summed E-state index contributed by atoms with van der Waals surface area (Å²) in [5.74, 6) is 0.655. The molecule has 6 nitrogen and oxygen atoms in total. The number of aromatic nitrogens is 2. The molecule has 0 radical (unpaired) electrons. The van der Waals surface area contributed by atoms with Crippen molar-refractivity contribution in [3.8, 4) is 0 Å². The van der Waals surface area contributed by atoms with Gasteiger partial charge in [-0.3, -0.25) is 4.79 Å². The summed E-state index contributed by atoms with van der Waals surface area (Å²) in [6.45, 7) is 1.26. The molecule has 1 aromatic carbocycles. The number of hydrogen-bond donors (Lipinski definition) is 2. The first-order chi connectivity index (χ1) is 12.0. The third-order valence-corrected chi connectivity index (χ3v) is 5.19. The molecule has 1 saturated heterocycles. The Balaban J connectivity index is 1.84. The van der Waals surface area contributed by atoms with Crippen molar-refractivity contribution in [1.82, 2.24) is 14.9 Å². The third kappa shape index (κ3) is 4.15. The molecule has 2 heterocycles. The fourth-order valence-corrected chi connectivity index (χ4v) is 3.53. The maximum atomic E-state index is 12.6. The van der Waals surface area contributed by atoms with E-state index < -0.39 is 6.10 Å². The van der Waals surface area contributed by atoms with Gasteiger partial charge in [0.2, 0.25) is 0 Å². The normalized spacial score (nSPS) is 21.0. The van der Waals surface area contributed by atoms with Crippen LogP contribution in [-0.4, -0.2) is 46.2 Å². The number of ketones is 1. The topological polar surface area (TPSA) is 76.4 Å². The van der Waals surface area contributed by atoms with Gasteiger partial charge in [0.15, 0.2) is 5.78 Å². The summed E-state index contributed by atoms with van der Waals surface area (Å²) in [6, 6.07) is 3.21. The van der Waals surface area contributed by atoms with Crippen LogP contribution in [0.4, 0.5) is 0 Å². The van der Waals surface area contributed by atoms with Gasteiger partial charge in [0, 0.05) is 19.6 Å². The van der Waals surface area contributed by atoms with Crippen LogP contribution in [0.3, 0.4) is 0 Å². The second-order valence-electron chi connectivity index (χ2n) is 6.32. The monoisotopic (exact) mass is 385 g/mol. The van der Waals surface area contributed by atoms with Gasteiger partial charge in [-0.2, -0.15) is 0 Å². The van der Waals surface area contributed by atoms with Gasteiger partial charge in [0.1, 0.15) is 12.4 Å². The van der Waals surface area contributed by atoms with E-state index in [0.29, 0.717) is 21.4 Å². The zero-order chi connectivity index (χ0) is 18.0. The number of benzene rings is 1. The molecule has 0 unspecified atom stereocenters. The standard InChI is InChI=1S/C17H21Cl2N3O3/c1-25-9-17-21-13-6-11(18)12(19)7-15(13)22(17)8-10(23)5-14-16(24)3-2-4-20-14/h6-7,14,16,20,24H,2-5,8-9H2,1H3/t14-,16+/m1/s1. The van der Waals surface area contributed by atoms with Crippen molar-refractivity contribution in [3.05, 3.63) is 28.0 Å². The molecule has 1 fully saturated rings. The van der Waals surface area contributed by atoms with Crippen LogP contribution in [0.5, 0.6) is 0 Å². The van der Waals surface area contributed by atoms with Crippen molar-refractivity contribution >= 4 is 40.0 Å². The second kappa shape index (κ2) is 8.01. The largest absolute Gasteiger partial charge is 0.391 e. The summed E-state index contributed by atoms with van der Waals surface area (Å²) < 4.78 is 7.00. The first-order valence-corrected chi connectivity index (χ1v) is 9.01. The molecule has 136 valence electrons. The smallest absolute Gasteiger partial charge is 0.154 e. The molecule has 1 aliphatic heterocycles. The van der Waals surface area contributed by atoms with Crippen molar-refractivity contribution in [2.75, 3.05) is 13.7 Å². The molecule has 0 saturated carbocycles. The highest BCUT2D eigenvalue weighted by molar-refractivity contribution is 6.42. The van der Waals surface area contributed by atoms with Crippen molar-refractivity contribution in [2.45, 2.75) is 44.6 Å². The zero-order valence-electron chi connectivity index (χ0n) is 14.0. The number of methoxy groups -OCH3 is 1. The second-order valence-corrected chi connectivity index (χ2v) is 7.13. The lowest BCUT2D eigenvalue weighted by atomic mass is 9.97. The number of aliphatic hydroxyl groups is 1. The lowest BCUT2D eigenvalue weighted by Gasteiger charge is -2.28. The molecule has 1 aliphatic rings. The van der Waals surface area contributed by atoms with Crippen LogP contribution in [0.15, 0.2) is 12.1 Å². The molecule has 0 spiro atoms. The zero-order valence-corrected chi connectivity index (χ0v) is 15.5. The van der Waals surface area contributed by atoms with E-state index in [2.05, 4.69) is 10.3 Å². The van der Waals surface area contributed by atoms with E-state index in [1.54, 1.807) is 23.8 Å². The molecule has 0 amide bonds. The quantitative estimate of drug-likeness (QED) is 0.798. The summed E-state index contributed by atoms with van der Waals surface area (Å²) >= 11 is 12.2. The molecular weight excluding hydrogens is 365 g/mol. The Morgan fingerprint density at radius 3 is 2.92 bits per heavy atom. The summed E-state index contributed by atoms with van der Waals surface area (Å²) in [5.41, 5.74) is 1.41.